The summed E-state index contributed by atoms with van der Waals surface area (Å²) in [6.45, 7) is 3.78. The molecule has 0 rings (SSSR count). The maximum atomic E-state index is 12.6. The summed E-state index contributed by atoms with van der Waals surface area (Å²) in [7, 11) is -4.63. The van der Waals surface area contributed by atoms with Gasteiger partial charge in [0.2, 0.25) is 0 Å². The highest BCUT2D eigenvalue weighted by atomic mass is 31.2. The lowest BCUT2D eigenvalue weighted by Crippen LogP contribution is -2.34. The van der Waals surface area contributed by atoms with Crippen LogP contribution in [0.1, 0.15) is 181 Å². The maximum Gasteiger partial charge on any atom is 0.472 e. The molecule has 4 N–H and O–H groups in total. The lowest BCUT2D eigenvalue weighted by atomic mass is 10.1. The molecule has 11 heteroatoms. The topological polar surface area (TPSA) is 155 Å². The van der Waals surface area contributed by atoms with Gasteiger partial charge < -0.3 is 25.2 Å². The van der Waals surface area contributed by atoms with Crippen molar-refractivity contribution in [1.29, 1.82) is 0 Å². The number of phosphoric ester groups is 1. The van der Waals surface area contributed by atoms with E-state index < -0.39 is 45.1 Å². The summed E-state index contributed by atoms with van der Waals surface area (Å²) in [6.07, 6.45) is 49.8. The Hall–Kier alpha value is -2.33. The minimum atomic E-state index is -4.63. The van der Waals surface area contributed by atoms with Crippen LogP contribution in [0.15, 0.2) is 60.8 Å². The van der Waals surface area contributed by atoms with Crippen LogP contribution >= 0.6 is 7.82 Å². The van der Waals surface area contributed by atoms with E-state index in [1.54, 1.807) is 0 Å². The normalized spacial score (nSPS) is 14.5. The summed E-state index contributed by atoms with van der Waals surface area (Å²) in [5, 5.41) is 8.90. The molecule has 0 aliphatic carbocycles. The van der Waals surface area contributed by atoms with Gasteiger partial charge in [0.1, 0.15) is 12.1 Å². The van der Waals surface area contributed by atoms with Crippen LogP contribution in [0.25, 0.3) is 0 Å². The van der Waals surface area contributed by atoms with Crippen molar-refractivity contribution in [2.75, 3.05) is 26.4 Å². The van der Waals surface area contributed by atoms with E-state index in [4.69, 9.17) is 29.4 Å². The van der Waals surface area contributed by atoms with E-state index in [1.807, 2.05) is 0 Å². The Morgan fingerprint density at radius 3 is 1.44 bits per heavy atom. The van der Waals surface area contributed by atoms with Crippen LogP contribution in [0, 0.1) is 0 Å². The Kier molecular flexibility index (Phi) is 40.1. The van der Waals surface area contributed by atoms with E-state index in [2.05, 4.69) is 74.6 Å². The van der Waals surface area contributed by atoms with E-state index in [0.29, 0.717) is 13.0 Å². The number of allylic oxidation sites excluding steroid dienone is 10. The van der Waals surface area contributed by atoms with Gasteiger partial charge in [-0.3, -0.25) is 18.6 Å². The van der Waals surface area contributed by atoms with Crippen molar-refractivity contribution >= 4 is 19.8 Å². The van der Waals surface area contributed by atoms with Gasteiger partial charge in [-0.05, 0) is 83.5 Å². The Labute approximate surface area is 347 Å². The summed E-state index contributed by atoms with van der Waals surface area (Å²) < 4.78 is 33.4. The van der Waals surface area contributed by atoms with Crippen LogP contribution < -0.4 is 5.73 Å². The first-order valence-electron chi connectivity index (χ1n) is 22.3. The highest BCUT2D eigenvalue weighted by Gasteiger charge is 2.27. The van der Waals surface area contributed by atoms with Crippen molar-refractivity contribution in [3.05, 3.63) is 60.8 Å². The number of phosphoric acid groups is 1. The number of unbranched alkanes of at least 4 members (excludes halogenated alkanes) is 18. The van der Waals surface area contributed by atoms with Crippen molar-refractivity contribution in [1.82, 2.24) is 0 Å². The fraction of sp³-hybridized carbons (Fsp3) is 0.739. The summed E-state index contributed by atoms with van der Waals surface area (Å²) >= 11 is 0. The zero-order chi connectivity index (χ0) is 41.9. The number of esters is 1. The molecule has 0 fully saturated rings. The number of hydrogen-bond acceptors (Lipinski definition) is 8. The molecule has 330 valence electrons. The monoisotopic (exact) mass is 824 g/mol. The molecule has 3 atom stereocenters. The standard InChI is InChI=1S/C46H82NO9P/c1-3-5-7-9-11-13-15-17-19-21-22-23-24-26-28-30-32-34-36-38-45(48)56-43(41-54-57(51,52)55-42-44(47)46(49)50)40-53-39-37-35-33-31-29-27-25-20-18-16-14-12-10-8-6-4-2/h11-14,17-20,22-23,43-44H,3-10,15-16,21,24-42,47H2,1-2H3,(H,49,50)(H,51,52)/b13-11-,14-12-,19-17-,20-18-,23-22-. The van der Waals surface area contributed by atoms with Gasteiger partial charge in [0, 0.05) is 13.0 Å². The number of nitrogens with two attached hydrogens (primary N) is 1. The smallest absolute Gasteiger partial charge is 0.472 e. The lowest BCUT2D eigenvalue weighted by Gasteiger charge is -2.20. The van der Waals surface area contributed by atoms with E-state index in [-0.39, 0.29) is 13.0 Å². The van der Waals surface area contributed by atoms with Crippen molar-refractivity contribution in [2.24, 2.45) is 5.73 Å². The quantitative estimate of drug-likeness (QED) is 0.0234. The number of carbonyl (C=O) groups is 2. The molecular weight excluding hydrogens is 741 g/mol. The average molecular weight is 824 g/mol. The van der Waals surface area contributed by atoms with Crippen LogP contribution in [0.5, 0.6) is 0 Å². The van der Waals surface area contributed by atoms with Crippen molar-refractivity contribution in [2.45, 2.75) is 193 Å². The Balaban J connectivity index is 4.29. The zero-order valence-corrected chi connectivity index (χ0v) is 36.8. The highest BCUT2D eigenvalue weighted by Crippen LogP contribution is 2.43. The molecule has 0 aromatic carbocycles. The number of ether oxygens (including phenoxy) is 2. The van der Waals surface area contributed by atoms with Gasteiger partial charge in [-0.25, -0.2) is 4.57 Å². The van der Waals surface area contributed by atoms with Crippen LogP contribution in [-0.4, -0.2) is 60.5 Å². The molecule has 0 amide bonds. The molecule has 0 aliphatic heterocycles. The molecule has 10 nitrogen and oxygen atoms in total. The lowest BCUT2D eigenvalue weighted by molar-refractivity contribution is -0.154. The summed E-state index contributed by atoms with van der Waals surface area (Å²) in [5.41, 5.74) is 5.36. The van der Waals surface area contributed by atoms with Crippen LogP contribution in [0.4, 0.5) is 0 Å². The summed E-state index contributed by atoms with van der Waals surface area (Å²) in [5.74, 6) is -1.80. The third-order valence-corrected chi connectivity index (χ3v) is 10.2. The molecule has 3 unspecified atom stereocenters. The Morgan fingerprint density at radius 1 is 0.561 bits per heavy atom. The minimum Gasteiger partial charge on any atom is -0.480 e. The first-order chi connectivity index (χ1) is 27.7. The second-order valence-electron chi connectivity index (χ2n) is 14.8. The SMILES string of the molecule is CCCCC/C=C\C/C=C\C/C=C\CCCCCCCCC(=O)OC(COCCCCCCCC/C=C\C/C=C\CCCCC)COP(=O)(O)OCC(N)C(=O)O. The largest absolute Gasteiger partial charge is 0.480 e. The van der Waals surface area contributed by atoms with Crippen LogP contribution in [0.2, 0.25) is 0 Å². The number of carboxylic acid groups (broad SMARTS) is 1. The van der Waals surface area contributed by atoms with Gasteiger partial charge in [-0.2, -0.15) is 0 Å². The molecule has 0 radical (unpaired) electrons. The van der Waals surface area contributed by atoms with Gasteiger partial charge in [0.25, 0.3) is 0 Å². The molecule has 0 aromatic rings. The molecular formula is C46H82NO9P. The minimum absolute atomic E-state index is 0.00190. The second kappa shape index (κ2) is 41.8. The van der Waals surface area contributed by atoms with Gasteiger partial charge >= 0.3 is 19.8 Å². The van der Waals surface area contributed by atoms with E-state index in [1.165, 1.54) is 70.6 Å². The Bertz CT molecular complexity index is 1140. The van der Waals surface area contributed by atoms with Crippen LogP contribution in [0.3, 0.4) is 0 Å². The summed E-state index contributed by atoms with van der Waals surface area (Å²) in [6, 6.07) is -1.48. The number of aliphatic carboxylic acids is 1. The van der Waals surface area contributed by atoms with E-state index in [0.717, 1.165) is 83.5 Å². The van der Waals surface area contributed by atoms with E-state index in [9.17, 15) is 19.0 Å². The average Bonchev–Trinajstić information content (AvgIpc) is 3.19. The predicted molar refractivity (Wildman–Crippen MR) is 235 cm³/mol. The number of rotatable bonds is 42. The number of hydrogen-bond donors (Lipinski definition) is 3. The fourth-order valence-corrected chi connectivity index (χ4v) is 6.54. The molecule has 57 heavy (non-hydrogen) atoms. The molecule has 0 aromatic heterocycles. The van der Waals surface area contributed by atoms with Crippen LogP contribution in [-0.2, 0) is 32.7 Å². The molecule has 0 saturated heterocycles. The molecule has 0 bridgehead atoms. The van der Waals surface area contributed by atoms with Crippen molar-refractivity contribution < 1.29 is 42.7 Å². The summed E-state index contributed by atoms with van der Waals surface area (Å²) in [4.78, 5) is 33.6. The van der Waals surface area contributed by atoms with E-state index >= 15 is 0 Å². The van der Waals surface area contributed by atoms with Gasteiger partial charge in [0.05, 0.1) is 19.8 Å². The molecule has 0 saturated carbocycles. The Morgan fingerprint density at radius 2 is 0.965 bits per heavy atom. The van der Waals surface area contributed by atoms with Crippen molar-refractivity contribution in [3.8, 4) is 0 Å². The predicted octanol–water partition coefficient (Wildman–Crippen LogP) is 12.4. The third kappa shape index (κ3) is 41.6. The number of carbonyl (C=O) groups excluding carboxylic acids is 1. The first-order valence-corrected chi connectivity index (χ1v) is 23.8. The van der Waals surface area contributed by atoms with Gasteiger partial charge in [0.15, 0.2) is 0 Å². The fourth-order valence-electron chi connectivity index (χ4n) is 5.76. The third-order valence-electron chi connectivity index (χ3n) is 9.27. The molecule has 0 heterocycles. The molecule has 0 spiro atoms. The molecule has 0 aliphatic rings. The van der Waals surface area contributed by atoms with Gasteiger partial charge in [-0.1, -0.05) is 152 Å². The van der Waals surface area contributed by atoms with Gasteiger partial charge in [-0.15, -0.1) is 0 Å². The van der Waals surface area contributed by atoms with Crippen molar-refractivity contribution in [3.63, 3.8) is 0 Å². The second-order valence-corrected chi connectivity index (χ2v) is 16.3. The zero-order valence-electron chi connectivity index (χ0n) is 35.9. The number of carboxylic acids is 1. The highest BCUT2D eigenvalue weighted by molar-refractivity contribution is 7.47. The first kappa shape index (κ1) is 54.7. The maximum absolute atomic E-state index is 12.6.